The number of nitrogens with zero attached hydrogens (tertiary/aromatic N) is 2. The summed E-state index contributed by atoms with van der Waals surface area (Å²) in [6.45, 7) is 6.56. The van der Waals surface area contributed by atoms with E-state index in [0.717, 1.165) is 24.0 Å². The van der Waals surface area contributed by atoms with E-state index in [2.05, 4.69) is 4.98 Å². The van der Waals surface area contributed by atoms with Crippen LogP contribution in [0.4, 0.5) is 11.5 Å². The van der Waals surface area contributed by atoms with Crippen LogP contribution in [0, 0.1) is 6.92 Å². The second-order valence-corrected chi connectivity index (χ2v) is 6.68. The molecule has 0 fully saturated rings. The molecule has 0 aliphatic rings. The highest BCUT2D eigenvalue weighted by Crippen LogP contribution is 2.19. The fourth-order valence-corrected chi connectivity index (χ4v) is 2.96. The number of hydrogen-bond acceptors (Lipinski definition) is 4. The fourth-order valence-electron chi connectivity index (χ4n) is 2.96. The highest BCUT2D eigenvalue weighted by atomic mass is 16.2. The number of rotatable bonds is 8. The summed E-state index contributed by atoms with van der Waals surface area (Å²) < 4.78 is 1.32. The molecule has 2 rings (SSSR count). The number of carbonyl (C=O) groups excluding carboxylic acids is 1. The number of nitrogens with one attached hydrogen (secondary N) is 1. The van der Waals surface area contributed by atoms with Crippen LogP contribution in [0.2, 0.25) is 0 Å². The number of amides is 1. The number of aromatic amines is 1. The van der Waals surface area contributed by atoms with E-state index in [-0.39, 0.29) is 17.4 Å². The zero-order valence-corrected chi connectivity index (χ0v) is 16.7. The SMILES string of the molecule is CCCCn1c(N)c(N(CCC)C(=O)/C=C/c2ccccc2C)c(=O)[nH]c1=O. The van der Waals surface area contributed by atoms with E-state index in [9.17, 15) is 14.4 Å². The Kier molecular flexibility index (Phi) is 7.37. The van der Waals surface area contributed by atoms with Crippen LogP contribution in [0.25, 0.3) is 6.08 Å². The van der Waals surface area contributed by atoms with Crippen LogP contribution in [0.3, 0.4) is 0 Å². The summed E-state index contributed by atoms with van der Waals surface area (Å²) in [6.07, 6.45) is 5.40. The van der Waals surface area contributed by atoms with Crippen molar-refractivity contribution in [2.45, 2.75) is 46.6 Å². The molecule has 0 saturated carbocycles. The van der Waals surface area contributed by atoms with Crippen LogP contribution in [0.1, 0.15) is 44.2 Å². The summed E-state index contributed by atoms with van der Waals surface area (Å²) in [7, 11) is 0. The first-order valence-electron chi connectivity index (χ1n) is 9.58. The van der Waals surface area contributed by atoms with Crippen molar-refractivity contribution in [3.8, 4) is 0 Å². The Labute approximate surface area is 164 Å². The number of nitrogen functional groups attached to an aromatic ring is 1. The van der Waals surface area contributed by atoms with E-state index in [1.807, 2.05) is 45.0 Å². The summed E-state index contributed by atoms with van der Waals surface area (Å²) in [5.41, 5.74) is 6.93. The van der Waals surface area contributed by atoms with Gasteiger partial charge in [-0.2, -0.15) is 0 Å². The first-order valence-corrected chi connectivity index (χ1v) is 9.58. The van der Waals surface area contributed by atoms with E-state index in [1.54, 1.807) is 6.08 Å². The topological polar surface area (TPSA) is 101 Å². The Morgan fingerprint density at radius 2 is 1.93 bits per heavy atom. The van der Waals surface area contributed by atoms with E-state index in [4.69, 9.17) is 5.73 Å². The number of benzene rings is 1. The van der Waals surface area contributed by atoms with Gasteiger partial charge in [-0.25, -0.2) is 4.79 Å². The molecule has 7 heteroatoms. The van der Waals surface area contributed by atoms with Crippen molar-refractivity contribution in [1.29, 1.82) is 0 Å². The van der Waals surface area contributed by atoms with Crippen molar-refractivity contribution in [2.24, 2.45) is 0 Å². The predicted molar refractivity (Wildman–Crippen MR) is 114 cm³/mol. The number of H-pyrrole nitrogens is 1. The van der Waals surface area contributed by atoms with Crippen LogP contribution in [-0.2, 0) is 11.3 Å². The summed E-state index contributed by atoms with van der Waals surface area (Å²) in [6, 6.07) is 7.70. The average Bonchev–Trinajstić information content (AvgIpc) is 2.66. The maximum absolute atomic E-state index is 12.9. The molecular weight excluding hydrogens is 356 g/mol. The number of nitrogens with two attached hydrogens (primary N) is 1. The molecule has 1 aromatic heterocycles. The molecule has 0 bridgehead atoms. The smallest absolute Gasteiger partial charge is 0.330 e. The Morgan fingerprint density at radius 3 is 2.57 bits per heavy atom. The third-order valence-electron chi connectivity index (χ3n) is 4.53. The predicted octanol–water partition coefficient (Wildman–Crippen LogP) is 2.68. The minimum Gasteiger partial charge on any atom is -0.383 e. The molecule has 28 heavy (non-hydrogen) atoms. The number of hydrogen-bond donors (Lipinski definition) is 2. The molecule has 7 nitrogen and oxygen atoms in total. The van der Waals surface area contributed by atoms with Gasteiger partial charge in [0.25, 0.3) is 11.5 Å². The Morgan fingerprint density at radius 1 is 1.21 bits per heavy atom. The molecular formula is C21H28N4O3. The van der Waals surface area contributed by atoms with Gasteiger partial charge in [-0.15, -0.1) is 0 Å². The number of aromatic nitrogens is 2. The van der Waals surface area contributed by atoms with Crippen molar-refractivity contribution in [2.75, 3.05) is 17.2 Å². The van der Waals surface area contributed by atoms with Crippen molar-refractivity contribution in [1.82, 2.24) is 9.55 Å². The minimum absolute atomic E-state index is 0.0216. The molecule has 0 atom stereocenters. The van der Waals surface area contributed by atoms with Crippen molar-refractivity contribution < 1.29 is 4.79 Å². The van der Waals surface area contributed by atoms with E-state index in [0.29, 0.717) is 19.5 Å². The van der Waals surface area contributed by atoms with Crippen LogP contribution in [0.15, 0.2) is 39.9 Å². The van der Waals surface area contributed by atoms with Gasteiger partial charge < -0.3 is 10.6 Å². The molecule has 0 radical (unpaired) electrons. The van der Waals surface area contributed by atoms with Gasteiger partial charge in [0.2, 0.25) is 0 Å². The van der Waals surface area contributed by atoms with Crippen molar-refractivity contribution in [3.05, 3.63) is 62.3 Å². The highest BCUT2D eigenvalue weighted by molar-refractivity contribution is 6.05. The number of carbonyl (C=O) groups is 1. The molecule has 2 aromatic rings. The molecule has 1 aromatic carbocycles. The van der Waals surface area contributed by atoms with Gasteiger partial charge in [0, 0.05) is 19.2 Å². The second-order valence-electron chi connectivity index (χ2n) is 6.68. The Hall–Kier alpha value is -3.09. The third-order valence-corrected chi connectivity index (χ3v) is 4.53. The Bertz CT molecular complexity index is 972. The van der Waals surface area contributed by atoms with Crippen LogP contribution in [-0.4, -0.2) is 22.0 Å². The molecule has 3 N–H and O–H groups in total. The van der Waals surface area contributed by atoms with Gasteiger partial charge in [0.1, 0.15) is 5.82 Å². The van der Waals surface area contributed by atoms with Gasteiger partial charge in [-0.1, -0.05) is 44.5 Å². The summed E-state index contributed by atoms with van der Waals surface area (Å²) in [5, 5.41) is 0. The largest absolute Gasteiger partial charge is 0.383 e. The summed E-state index contributed by atoms with van der Waals surface area (Å²) in [5.74, 6) is -0.337. The van der Waals surface area contributed by atoms with Gasteiger partial charge in [-0.3, -0.25) is 19.1 Å². The molecule has 0 spiro atoms. The van der Waals surface area contributed by atoms with E-state index < -0.39 is 11.2 Å². The normalized spacial score (nSPS) is 11.1. The van der Waals surface area contributed by atoms with Crippen molar-refractivity contribution >= 4 is 23.5 Å². The molecule has 0 unspecified atom stereocenters. The zero-order chi connectivity index (χ0) is 20.7. The lowest BCUT2D eigenvalue weighted by molar-refractivity contribution is -0.114. The minimum atomic E-state index is -0.652. The molecule has 1 amide bonds. The Balaban J connectivity index is 2.45. The number of aryl methyl sites for hydroxylation is 1. The first kappa shape index (κ1) is 21.2. The average molecular weight is 384 g/mol. The quantitative estimate of drug-likeness (QED) is 0.683. The van der Waals surface area contributed by atoms with Gasteiger partial charge in [0.05, 0.1) is 0 Å². The second kappa shape index (κ2) is 9.73. The molecule has 0 aliphatic carbocycles. The summed E-state index contributed by atoms with van der Waals surface area (Å²) >= 11 is 0. The van der Waals surface area contributed by atoms with Crippen LogP contribution >= 0.6 is 0 Å². The summed E-state index contributed by atoms with van der Waals surface area (Å²) in [4.78, 5) is 41.1. The highest BCUT2D eigenvalue weighted by Gasteiger charge is 2.22. The molecule has 150 valence electrons. The maximum Gasteiger partial charge on any atom is 0.330 e. The van der Waals surface area contributed by atoms with Gasteiger partial charge in [-0.05, 0) is 37.0 Å². The van der Waals surface area contributed by atoms with Crippen LogP contribution < -0.4 is 21.9 Å². The zero-order valence-electron chi connectivity index (χ0n) is 16.7. The monoisotopic (exact) mass is 384 g/mol. The van der Waals surface area contributed by atoms with Crippen LogP contribution in [0.5, 0.6) is 0 Å². The van der Waals surface area contributed by atoms with E-state index in [1.165, 1.54) is 15.5 Å². The van der Waals surface area contributed by atoms with Crippen molar-refractivity contribution in [3.63, 3.8) is 0 Å². The third kappa shape index (κ3) is 4.79. The molecule has 0 saturated heterocycles. The number of anilines is 2. The fraction of sp³-hybridized carbons (Fsp3) is 0.381. The first-order chi connectivity index (χ1) is 13.4. The number of unbranched alkanes of at least 4 members (excludes halogenated alkanes) is 1. The maximum atomic E-state index is 12.9. The van der Waals surface area contributed by atoms with E-state index >= 15 is 0 Å². The standard InChI is InChI=1S/C21H28N4O3/c1-4-6-14-25-19(22)18(20(27)23-21(25)28)24(13-5-2)17(26)12-11-16-10-8-7-9-15(16)3/h7-12H,4-6,13-14,22H2,1-3H3,(H,23,27,28)/b12-11+. The lowest BCUT2D eigenvalue weighted by Gasteiger charge is -2.23. The van der Waals surface area contributed by atoms with Gasteiger partial charge >= 0.3 is 5.69 Å². The molecule has 1 heterocycles. The molecule has 0 aliphatic heterocycles. The lowest BCUT2D eigenvalue weighted by Crippen LogP contribution is -2.41. The lowest BCUT2D eigenvalue weighted by atomic mass is 10.1. The van der Waals surface area contributed by atoms with Gasteiger partial charge in [0.15, 0.2) is 5.69 Å².